The summed E-state index contributed by atoms with van der Waals surface area (Å²) in [5.74, 6) is -0.433. The first-order valence-corrected chi connectivity index (χ1v) is 9.13. The molecule has 6 nitrogen and oxygen atoms in total. The molecule has 0 bridgehead atoms. The number of rotatable bonds is 5. The van der Waals surface area contributed by atoms with Gasteiger partial charge < -0.3 is 5.32 Å². The van der Waals surface area contributed by atoms with Crippen LogP contribution in [0.1, 0.15) is 11.1 Å². The highest BCUT2D eigenvalue weighted by molar-refractivity contribution is 9.10. The Kier molecular flexibility index (Phi) is 5.71. The summed E-state index contributed by atoms with van der Waals surface area (Å²) in [4.78, 5) is 37.1. The number of halogens is 1. The van der Waals surface area contributed by atoms with Crippen molar-refractivity contribution in [1.29, 1.82) is 0 Å². The largest absolute Gasteiger partial charge is 0.331 e. The van der Waals surface area contributed by atoms with E-state index in [-0.39, 0.29) is 6.54 Å². The summed E-state index contributed by atoms with van der Waals surface area (Å²) in [6.07, 6.45) is 1.45. The van der Waals surface area contributed by atoms with Gasteiger partial charge in [0.1, 0.15) is 6.54 Å². The predicted octanol–water partition coefficient (Wildman–Crippen LogP) is 2.77. The summed E-state index contributed by atoms with van der Waals surface area (Å²) in [6.45, 7) is 1.85. The SMILES string of the molecule is Cc1cc(Br)ccc1NC(=O)Cn1c(=O)ccn(Cc2ccccc2)c1=O. The molecule has 0 aliphatic rings. The van der Waals surface area contributed by atoms with Crippen LogP contribution in [0.2, 0.25) is 0 Å². The number of carbonyl (C=O) groups is 1. The van der Waals surface area contributed by atoms with Crippen LogP contribution in [0.5, 0.6) is 0 Å². The van der Waals surface area contributed by atoms with E-state index in [0.717, 1.165) is 20.2 Å². The van der Waals surface area contributed by atoms with Crippen molar-refractivity contribution < 1.29 is 4.79 Å². The molecule has 0 unspecified atom stereocenters. The monoisotopic (exact) mass is 427 g/mol. The number of hydrogen-bond acceptors (Lipinski definition) is 3. The number of anilines is 1. The number of aromatic nitrogens is 2. The molecular formula is C20H18BrN3O3. The lowest BCUT2D eigenvalue weighted by molar-refractivity contribution is -0.116. The van der Waals surface area contributed by atoms with Crippen LogP contribution in [0, 0.1) is 6.92 Å². The number of aryl methyl sites for hydroxylation is 1. The highest BCUT2D eigenvalue weighted by atomic mass is 79.9. The van der Waals surface area contributed by atoms with Gasteiger partial charge in [-0.05, 0) is 36.2 Å². The fourth-order valence-corrected chi connectivity index (χ4v) is 3.18. The second-order valence-corrected chi connectivity index (χ2v) is 7.06. The number of carbonyl (C=O) groups excluding carboxylic acids is 1. The molecule has 1 heterocycles. The Labute approximate surface area is 164 Å². The quantitative estimate of drug-likeness (QED) is 0.680. The van der Waals surface area contributed by atoms with Crippen LogP contribution >= 0.6 is 15.9 Å². The molecule has 1 amide bonds. The lowest BCUT2D eigenvalue weighted by Gasteiger charge is -2.11. The molecule has 1 N–H and O–H groups in total. The number of nitrogens with one attached hydrogen (secondary N) is 1. The highest BCUT2D eigenvalue weighted by Crippen LogP contribution is 2.19. The number of nitrogens with zero attached hydrogens (tertiary/aromatic N) is 2. The van der Waals surface area contributed by atoms with Crippen LogP contribution in [-0.4, -0.2) is 15.0 Å². The Morgan fingerprint density at radius 2 is 1.81 bits per heavy atom. The second-order valence-electron chi connectivity index (χ2n) is 6.14. The highest BCUT2D eigenvalue weighted by Gasteiger charge is 2.11. The van der Waals surface area contributed by atoms with Gasteiger partial charge in [0, 0.05) is 22.4 Å². The fraction of sp³-hybridized carbons (Fsp3) is 0.150. The first-order valence-electron chi connectivity index (χ1n) is 8.34. The average Bonchev–Trinajstić information content (AvgIpc) is 2.64. The lowest BCUT2D eigenvalue weighted by atomic mass is 10.2. The van der Waals surface area contributed by atoms with Gasteiger partial charge in [0.15, 0.2) is 0 Å². The van der Waals surface area contributed by atoms with E-state index in [4.69, 9.17) is 0 Å². The van der Waals surface area contributed by atoms with Crippen molar-refractivity contribution in [2.45, 2.75) is 20.0 Å². The first kappa shape index (κ1) is 18.8. The van der Waals surface area contributed by atoms with Crippen molar-refractivity contribution >= 4 is 27.5 Å². The summed E-state index contributed by atoms with van der Waals surface area (Å²) in [5, 5.41) is 2.74. The Hall–Kier alpha value is -2.93. The molecule has 2 aromatic carbocycles. The van der Waals surface area contributed by atoms with Crippen molar-refractivity contribution in [3.8, 4) is 0 Å². The van der Waals surface area contributed by atoms with E-state index in [1.165, 1.54) is 16.8 Å². The Morgan fingerprint density at radius 1 is 1.07 bits per heavy atom. The third kappa shape index (κ3) is 4.62. The molecular weight excluding hydrogens is 410 g/mol. The molecule has 0 fully saturated rings. The van der Waals surface area contributed by atoms with Crippen LogP contribution < -0.4 is 16.6 Å². The van der Waals surface area contributed by atoms with Gasteiger partial charge in [0.05, 0.1) is 6.54 Å². The minimum absolute atomic E-state index is 0.327. The maximum absolute atomic E-state index is 12.6. The Balaban J connectivity index is 1.81. The normalized spacial score (nSPS) is 10.6. The maximum Gasteiger partial charge on any atom is 0.331 e. The van der Waals surface area contributed by atoms with Crippen molar-refractivity contribution in [2.75, 3.05) is 5.32 Å². The van der Waals surface area contributed by atoms with Crippen LogP contribution in [0.4, 0.5) is 5.69 Å². The van der Waals surface area contributed by atoms with E-state index >= 15 is 0 Å². The van der Waals surface area contributed by atoms with Gasteiger partial charge in [-0.3, -0.25) is 18.7 Å². The van der Waals surface area contributed by atoms with Crippen molar-refractivity contribution in [1.82, 2.24) is 9.13 Å². The van der Waals surface area contributed by atoms with E-state index in [1.807, 2.05) is 49.4 Å². The number of amides is 1. The zero-order valence-electron chi connectivity index (χ0n) is 14.7. The third-order valence-electron chi connectivity index (χ3n) is 4.10. The van der Waals surface area contributed by atoms with Gasteiger partial charge in [0.2, 0.25) is 5.91 Å². The molecule has 0 aliphatic carbocycles. The van der Waals surface area contributed by atoms with Crippen LogP contribution in [0.25, 0.3) is 0 Å². The Morgan fingerprint density at radius 3 is 2.52 bits per heavy atom. The molecule has 3 rings (SSSR count). The second kappa shape index (κ2) is 8.18. The average molecular weight is 428 g/mol. The topological polar surface area (TPSA) is 73.1 Å². The van der Waals surface area contributed by atoms with Gasteiger partial charge in [0.25, 0.3) is 5.56 Å². The Bertz CT molecular complexity index is 1090. The van der Waals surface area contributed by atoms with E-state index in [0.29, 0.717) is 12.2 Å². The molecule has 0 aliphatic heterocycles. The van der Waals surface area contributed by atoms with Crippen molar-refractivity contribution in [2.24, 2.45) is 0 Å². The maximum atomic E-state index is 12.6. The smallest absolute Gasteiger partial charge is 0.324 e. The van der Waals surface area contributed by atoms with Crippen LogP contribution in [0.3, 0.4) is 0 Å². The summed E-state index contributed by atoms with van der Waals surface area (Å²) in [5.41, 5.74) is 1.41. The van der Waals surface area contributed by atoms with Gasteiger partial charge in [-0.25, -0.2) is 4.79 Å². The van der Waals surface area contributed by atoms with Crippen molar-refractivity contribution in [3.05, 3.63) is 97.2 Å². The van der Waals surface area contributed by atoms with Gasteiger partial charge in [-0.1, -0.05) is 46.3 Å². The minimum atomic E-state index is -0.519. The van der Waals surface area contributed by atoms with Crippen molar-refractivity contribution in [3.63, 3.8) is 0 Å². The van der Waals surface area contributed by atoms with Crippen LogP contribution in [-0.2, 0) is 17.9 Å². The molecule has 7 heteroatoms. The molecule has 0 saturated carbocycles. The summed E-state index contributed by atoms with van der Waals surface area (Å²) >= 11 is 3.37. The molecule has 0 spiro atoms. The zero-order chi connectivity index (χ0) is 19.4. The summed E-state index contributed by atoms with van der Waals surface area (Å²) in [7, 11) is 0. The fourth-order valence-electron chi connectivity index (χ4n) is 2.70. The number of hydrogen-bond donors (Lipinski definition) is 1. The van der Waals surface area contributed by atoms with Gasteiger partial charge in [-0.2, -0.15) is 0 Å². The predicted molar refractivity (Wildman–Crippen MR) is 108 cm³/mol. The molecule has 0 saturated heterocycles. The number of benzene rings is 2. The van der Waals surface area contributed by atoms with E-state index in [1.54, 1.807) is 6.07 Å². The first-order chi connectivity index (χ1) is 12.9. The van der Waals surface area contributed by atoms with Gasteiger partial charge in [-0.15, -0.1) is 0 Å². The third-order valence-corrected chi connectivity index (χ3v) is 4.59. The zero-order valence-corrected chi connectivity index (χ0v) is 16.3. The standard InChI is InChI=1S/C20H18BrN3O3/c1-14-11-16(21)7-8-17(14)22-18(25)13-24-19(26)9-10-23(20(24)27)12-15-5-3-2-4-6-15/h2-11H,12-13H2,1H3,(H,22,25). The lowest BCUT2D eigenvalue weighted by Crippen LogP contribution is -2.41. The van der Waals surface area contributed by atoms with Crippen LogP contribution in [0.15, 0.2) is 74.9 Å². The molecule has 3 aromatic rings. The minimum Gasteiger partial charge on any atom is -0.324 e. The van der Waals surface area contributed by atoms with Gasteiger partial charge >= 0.3 is 5.69 Å². The molecule has 138 valence electrons. The molecule has 0 radical (unpaired) electrons. The summed E-state index contributed by atoms with van der Waals surface area (Å²) in [6, 6.07) is 16.2. The summed E-state index contributed by atoms with van der Waals surface area (Å²) < 4.78 is 3.25. The van der Waals surface area contributed by atoms with E-state index in [9.17, 15) is 14.4 Å². The van der Waals surface area contributed by atoms with E-state index < -0.39 is 17.2 Å². The molecule has 0 atom stereocenters. The molecule has 1 aromatic heterocycles. The molecule has 27 heavy (non-hydrogen) atoms. The van der Waals surface area contributed by atoms with E-state index in [2.05, 4.69) is 21.2 Å².